The molecule has 0 fully saturated rings. The number of hydrogen-bond acceptors (Lipinski definition) is 4. The molecule has 0 radical (unpaired) electrons. The molecule has 96 valence electrons. The first-order valence-electron chi connectivity index (χ1n) is 5.64. The number of pyridine rings is 1. The average Bonchev–Trinajstić information content (AvgIpc) is 2.37. The van der Waals surface area contributed by atoms with Gasteiger partial charge in [0.2, 0.25) is 0 Å². The number of rotatable bonds is 4. The van der Waals surface area contributed by atoms with E-state index in [0.29, 0.717) is 10.9 Å². The first kappa shape index (κ1) is 12.9. The van der Waals surface area contributed by atoms with Crippen molar-refractivity contribution in [3.8, 4) is 0 Å². The molecule has 0 bridgehead atoms. The van der Waals surface area contributed by atoms with Crippen LogP contribution in [0, 0.1) is 5.82 Å². The monoisotopic (exact) mass is 251 g/mol. The Hall–Kier alpha value is -1.56. The summed E-state index contributed by atoms with van der Waals surface area (Å²) >= 11 is 0. The highest BCUT2D eigenvalue weighted by Gasteiger charge is 2.21. The number of fused-ring (bicyclic) bond motifs is 1. The van der Waals surface area contributed by atoms with E-state index in [9.17, 15) is 14.6 Å². The molecule has 2 atom stereocenters. The number of aliphatic hydroxyl groups excluding tert-OH is 3. The molecule has 0 aliphatic rings. The molecule has 5 heteroatoms. The largest absolute Gasteiger partial charge is 0.396 e. The van der Waals surface area contributed by atoms with Gasteiger partial charge in [0.1, 0.15) is 11.9 Å². The van der Waals surface area contributed by atoms with E-state index in [2.05, 4.69) is 4.98 Å². The summed E-state index contributed by atoms with van der Waals surface area (Å²) in [4.78, 5) is 4.00. The summed E-state index contributed by atoms with van der Waals surface area (Å²) in [6.45, 7) is -0.269. The molecule has 4 nitrogen and oxygen atoms in total. The minimum atomic E-state index is -1.36. The van der Waals surface area contributed by atoms with Crippen LogP contribution >= 0.6 is 0 Å². The zero-order chi connectivity index (χ0) is 13.1. The van der Waals surface area contributed by atoms with Crippen molar-refractivity contribution < 1.29 is 19.7 Å². The van der Waals surface area contributed by atoms with E-state index < -0.39 is 18.0 Å². The molecule has 1 aromatic heterocycles. The maximum absolute atomic E-state index is 13.8. The molecule has 3 N–H and O–H groups in total. The lowest BCUT2D eigenvalue weighted by molar-refractivity contribution is 0.00244. The van der Waals surface area contributed by atoms with E-state index in [4.69, 9.17) is 5.11 Å². The fourth-order valence-corrected chi connectivity index (χ4v) is 1.84. The molecular weight excluding hydrogens is 237 g/mol. The lowest BCUT2D eigenvalue weighted by Crippen LogP contribution is -2.20. The van der Waals surface area contributed by atoms with Gasteiger partial charge in [-0.15, -0.1) is 0 Å². The van der Waals surface area contributed by atoms with Crippen molar-refractivity contribution in [3.05, 3.63) is 41.8 Å². The van der Waals surface area contributed by atoms with Crippen LogP contribution in [0.1, 0.15) is 18.1 Å². The van der Waals surface area contributed by atoms with E-state index in [1.165, 1.54) is 12.1 Å². The third-order valence-corrected chi connectivity index (χ3v) is 2.83. The number of halogens is 1. The number of hydrogen-bond donors (Lipinski definition) is 3. The van der Waals surface area contributed by atoms with Gasteiger partial charge in [-0.3, -0.25) is 4.98 Å². The normalized spacial score (nSPS) is 14.7. The van der Waals surface area contributed by atoms with Gasteiger partial charge in [-0.05, 0) is 18.6 Å². The lowest BCUT2D eigenvalue weighted by Gasteiger charge is -2.18. The second-order valence-corrected chi connectivity index (χ2v) is 4.09. The highest BCUT2D eigenvalue weighted by molar-refractivity contribution is 5.79. The zero-order valence-electron chi connectivity index (χ0n) is 9.62. The number of benzene rings is 1. The Morgan fingerprint density at radius 3 is 2.78 bits per heavy atom. The maximum Gasteiger partial charge on any atom is 0.131 e. The minimum Gasteiger partial charge on any atom is -0.396 e. The molecule has 1 aromatic carbocycles. The molecule has 0 aliphatic carbocycles. The van der Waals surface area contributed by atoms with Gasteiger partial charge in [-0.2, -0.15) is 0 Å². The summed E-state index contributed by atoms with van der Waals surface area (Å²) in [7, 11) is 0. The Labute approximate surface area is 103 Å². The molecule has 2 unspecified atom stereocenters. The van der Waals surface area contributed by atoms with Crippen molar-refractivity contribution in [2.75, 3.05) is 6.61 Å². The highest BCUT2D eigenvalue weighted by atomic mass is 19.1. The van der Waals surface area contributed by atoms with Crippen LogP contribution in [0.4, 0.5) is 4.39 Å². The van der Waals surface area contributed by atoms with Gasteiger partial charge in [-0.1, -0.05) is 6.07 Å². The van der Waals surface area contributed by atoms with Gasteiger partial charge in [0.05, 0.1) is 11.6 Å². The summed E-state index contributed by atoms with van der Waals surface area (Å²) < 4.78 is 13.8. The average molecular weight is 251 g/mol. The van der Waals surface area contributed by atoms with Gasteiger partial charge in [0.15, 0.2) is 0 Å². The molecule has 1 heterocycles. The maximum atomic E-state index is 13.8. The van der Waals surface area contributed by atoms with E-state index in [1.54, 1.807) is 18.3 Å². The second-order valence-electron chi connectivity index (χ2n) is 4.09. The smallest absolute Gasteiger partial charge is 0.131 e. The highest BCUT2D eigenvalue weighted by Crippen LogP contribution is 2.25. The molecule has 0 saturated heterocycles. The first-order chi connectivity index (χ1) is 8.63. The van der Waals surface area contributed by atoms with Gasteiger partial charge < -0.3 is 15.3 Å². The quantitative estimate of drug-likeness (QED) is 0.762. The van der Waals surface area contributed by atoms with Gasteiger partial charge in [0, 0.05) is 29.8 Å². The van der Waals surface area contributed by atoms with E-state index in [1.807, 2.05) is 0 Å². The van der Waals surface area contributed by atoms with Gasteiger partial charge in [0.25, 0.3) is 0 Å². The molecule has 0 aliphatic heterocycles. The van der Waals surface area contributed by atoms with Crippen molar-refractivity contribution in [1.29, 1.82) is 0 Å². The summed E-state index contributed by atoms with van der Waals surface area (Å²) in [5.74, 6) is -0.620. The molecular formula is C13H14FNO3. The van der Waals surface area contributed by atoms with Crippen LogP contribution in [0.25, 0.3) is 10.9 Å². The minimum absolute atomic E-state index is 0.00825. The van der Waals surface area contributed by atoms with Crippen molar-refractivity contribution >= 4 is 10.9 Å². The van der Waals surface area contributed by atoms with Crippen molar-refractivity contribution in [1.82, 2.24) is 4.98 Å². The Morgan fingerprint density at radius 1 is 1.28 bits per heavy atom. The Morgan fingerprint density at radius 2 is 2.06 bits per heavy atom. The van der Waals surface area contributed by atoms with Crippen LogP contribution < -0.4 is 0 Å². The molecule has 18 heavy (non-hydrogen) atoms. The van der Waals surface area contributed by atoms with Crippen molar-refractivity contribution in [2.24, 2.45) is 0 Å². The van der Waals surface area contributed by atoms with E-state index in [0.717, 1.165) is 0 Å². The van der Waals surface area contributed by atoms with Crippen LogP contribution in [-0.4, -0.2) is 33.0 Å². The van der Waals surface area contributed by atoms with Crippen LogP contribution in [0.5, 0.6) is 0 Å². The third kappa shape index (κ3) is 2.48. The summed E-state index contributed by atoms with van der Waals surface area (Å²) in [5.41, 5.74) is 0.499. The van der Waals surface area contributed by atoms with Crippen LogP contribution in [0.15, 0.2) is 30.5 Å². The predicted molar refractivity (Wildman–Crippen MR) is 64.4 cm³/mol. The van der Waals surface area contributed by atoms with Gasteiger partial charge in [-0.25, -0.2) is 4.39 Å². The van der Waals surface area contributed by atoms with E-state index >= 15 is 0 Å². The Kier molecular flexibility index (Phi) is 3.86. The summed E-state index contributed by atoms with van der Waals surface area (Å²) in [6, 6.07) is 6.14. The lowest BCUT2D eigenvalue weighted by atomic mass is 10.00. The first-order valence-corrected chi connectivity index (χ1v) is 5.64. The topological polar surface area (TPSA) is 73.6 Å². The zero-order valence-corrected chi connectivity index (χ0v) is 9.62. The van der Waals surface area contributed by atoms with Crippen LogP contribution in [0.2, 0.25) is 0 Å². The Balaban J connectivity index is 2.41. The van der Waals surface area contributed by atoms with Crippen LogP contribution in [0.3, 0.4) is 0 Å². The van der Waals surface area contributed by atoms with Crippen molar-refractivity contribution in [2.45, 2.75) is 18.6 Å². The van der Waals surface area contributed by atoms with Crippen LogP contribution in [-0.2, 0) is 0 Å². The summed E-state index contributed by atoms with van der Waals surface area (Å²) in [6.07, 6.45) is -1.01. The van der Waals surface area contributed by atoms with Crippen molar-refractivity contribution in [3.63, 3.8) is 0 Å². The SMILES string of the molecule is OCCC(O)C(O)c1cc2cccnc2cc1F. The molecule has 2 rings (SSSR count). The standard InChI is InChI=1S/C13H14FNO3/c14-10-7-11-8(2-1-4-15-11)6-9(10)13(18)12(17)3-5-16/h1-2,4,6-7,12-13,16-18H,3,5H2. The second kappa shape index (κ2) is 5.39. The number of aliphatic hydroxyl groups is 3. The molecule has 0 spiro atoms. The van der Waals surface area contributed by atoms with E-state index in [-0.39, 0.29) is 18.6 Å². The third-order valence-electron chi connectivity index (χ3n) is 2.83. The molecule has 0 saturated carbocycles. The number of aromatic nitrogens is 1. The fraction of sp³-hybridized carbons (Fsp3) is 0.308. The predicted octanol–water partition coefficient (Wildman–Crippen LogP) is 1.15. The van der Waals surface area contributed by atoms with Gasteiger partial charge >= 0.3 is 0 Å². The molecule has 2 aromatic rings. The number of nitrogens with zero attached hydrogens (tertiary/aromatic N) is 1. The summed E-state index contributed by atoms with van der Waals surface area (Å²) in [5, 5.41) is 28.8. The Bertz CT molecular complexity index is 547. The molecule has 0 amide bonds. The fourth-order valence-electron chi connectivity index (χ4n) is 1.84.